The minimum atomic E-state index is 0.228. The van der Waals surface area contributed by atoms with E-state index in [2.05, 4.69) is 18.2 Å². The van der Waals surface area contributed by atoms with Crippen molar-refractivity contribution in [1.29, 1.82) is 5.26 Å². The number of anilines is 1. The second-order valence-corrected chi connectivity index (χ2v) is 5.52. The molecule has 0 amide bonds. The average molecular weight is 226 g/mol. The second kappa shape index (κ2) is 4.07. The summed E-state index contributed by atoms with van der Waals surface area (Å²) < 4.78 is 0. The molecule has 0 heterocycles. The van der Waals surface area contributed by atoms with Gasteiger partial charge >= 0.3 is 0 Å². The van der Waals surface area contributed by atoms with Crippen LogP contribution in [0.15, 0.2) is 24.3 Å². The molecule has 2 N–H and O–H groups in total. The average Bonchev–Trinajstić information content (AvgIpc) is 2.40. The number of nitrogens with two attached hydrogens (primary N) is 1. The lowest BCUT2D eigenvalue weighted by molar-refractivity contribution is 0.100. The molecule has 88 valence electrons. The van der Waals surface area contributed by atoms with Crippen molar-refractivity contribution in [1.82, 2.24) is 0 Å². The Hall–Kier alpha value is -1.49. The molecule has 0 unspecified atom stereocenters. The maximum absolute atomic E-state index is 9.42. The highest BCUT2D eigenvalue weighted by Gasteiger charge is 2.44. The van der Waals surface area contributed by atoms with E-state index >= 15 is 0 Å². The largest absolute Gasteiger partial charge is 0.399 e. The molecule has 2 heteroatoms. The molecule has 3 aliphatic rings. The van der Waals surface area contributed by atoms with E-state index < -0.39 is 0 Å². The first-order valence-electron chi connectivity index (χ1n) is 6.54. The topological polar surface area (TPSA) is 49.8 Å². The summed E-state index contributed by atoms with van der Waals surface area (Å²) in [5.41, 5.74) is 7.86. The van der Waals surface area contributed by atoms with Gasteiger partial charge in [-0.3, -0.25) is 0 Å². The van der Waals surface area contributed by atoms with Crippen molar-refractivity contribution >= 4 is 5.69 Å². The molecule has 0 aliphatic heterocycles. The van der Waals surface area contributed by atoms with Gasteiger partial charge in [-0.1, -0.05) is 12.1 Å². The minimum absolute atomic E-state index is 0.228. The lowest BCUT2D eigenvalue weighted by Crippen LogP contribution is -2.37. The van der Waals surface area contributed by atoms with E-state index in [9.17, 15) is 5.26 Å². The molecule has 4 rings (SSSR count). The van der Waals surface area contributed by atoms with Crippen molar-refractivity contribution < 1.29 is 0 Å². The van der Waals surface area contributed by atoms with E-state index in [4.69, 9.17) is 5.73 Å². The standard InChI is InChI=1S/C15H18N2/c16-9-14-10-1-3-11(4-2-10)15(14)12-5-7-13(17)8-6-12/h5-8,10-11,14-15H,1-4,17H2/t10?,11?,14-,15+/m0/s1. The molecule has 2 atom stereocenters. The van der Waals surface area contributed by atoms with E-state index in [0.717, 1.165) is 5.69 Å². The van der Waals surface area contributed by atoms with Crippen LogP contribution in [-0.4, -0.2) is 0 Å². The van der Waals surface area contributed by atoms with Gasteiger partial charge in [0.05, 0.1) is 12.0 Å². The maximum Gasteiger partial charge on any atom is 0.0665 e. The molecule has 3 aliphatic carbocycles. The van der Waals surface area contributed by atoms with Crippen LogP contribution in [0.1, 0.15) is 37.2 Å². The van der Waals surface area contributed by atoms with E-state index in [1.165, 1.54) is 31.2 Å². The third-order valence-corrected chi connectivity index (χ3v) is 4.69. The van der Waals surface area contributed by atoms with Crippen LogP contribution in [0, 0.1) is 29.1 Å². The number of nitrogen functional groups attached to an aromatic ring is 1. The Morgan fingerprint density at radius 1 is 1.00 bits per heavy atom. The fourth-order valence-electron chi connectivity index (χ4n) is 3.83. The Balaban J connectivity index is 1.95. The molecule has 0 saturated heterocycles. The maximum atomic E-state index is 9.42. The molecule has 17 heavy (non-hydrogen) atoms. The molecule has 0 radical (unpaired) electrons. The van der Waals surface area contributed by atoms with Crippen LogP contribution in [0.3, 0.4) is 0 Å². The van der Waals surface area contributed by atoms with Crippen LogP contribution in [0.25, 0.3) is 0 Å². The van der Waals surface area contributed by atoms with Gasteiger partial charge in [0.25, 0.3) is 0 Å². The third kappa shape index (κ3) is 1.70. The van der Waals surface area contributed by atoms with Gasteiger partial charge in [0.2, 0.25) is 0 Å². The Morgan fingerprint density at radius 2 is 1.59 bits per heavy atom. The van der Waals surface area contributed by atoms with Gasteiger partial charge in [-0.2, -0.15) is 5.26 Å². The summed E-state index contributed by atoms with van der Waals surface area (Å²) in [6.45, 7) is 0. The summed E-state index contributed by atoms with van der Waals surface area (Å²) in [7, 11) is 0. The second-order valence-electron chi connectivity index (χ2n) is 5.52. The normalized spacial score (nSPS) is 35.5. The predicted molar refractivity (Wildman–Crippen MR) is 68.1 cm³/mol. The monoisotopic (exact) mass is 226 g/mol. The fraction of sp³-hybridized carbons (Fsp3) is 0.533. The first-order chi connectivity index (χ1) is 8.29. The van der Waals surface area contributed by atoms with Gasteiger partial charge < -0.3 is 5.73 Å². The molecule has 0 spiro atoms. The molecule has 1 aromatic carbocycles. The predicted octanol–water partition coefficient (Wildman–Crippen LogP) is 3.31. The molecular weight excluding hydrogens is 208 g/mol. The van der Waals surface area contributed by atoms with Gasteiger partial charge in [-0.15, -0.1) is 0 Å². The number of rotatable bonds is 1. The molecular formula is C15H18N2. The highest BCUT2D eigenvalue weighted by atomic mass is 14.5. The van der Waals surface area contributed by atoms with Crippen LogP contribution in [0.2, 0.25) is 0 Å². The third-order valence-electron chi connectivity index (χ3n) is 4.69. The lowest BCUT2D eigenvalue weighted by atomic mass is 9.57. The molecule has 3 fully saturated rings. The van der Waals surface area contributed by atoms with Crippen molar-refractivity contribution in [3.05, 3.63) is 29.8 Å². The first-order valence-corrected chi connectivity index (χ1v) is 6.54. The zero-order valence-electron chi connectivity index (χ0n) is 9.97. The van der Waals surface area contributed by atoms with Crippen LogP contribution in [-0.2, 0) is 0 Å². The Labute approximate surface area is 102 Å². The number of nitriles is 1. The number of fused-ring (bicyclic) bond motifs is 3. The zero-order chi connectivity index (χ0) is 11.8. The van der Waals surface area contributed by atoms with Crippen molar-refractivity contribution in [2.24, 2.45) is 17.8 Å². The van der Waals surface area contributed by atoms with Crippen LogP contribution in [0.4, 0.5) is 5.69 Å². The number of benzene rings is 1. The summed E-state index contributed by atoms with van der Waals surface area (Å²) in [5, 5.41) is 9.42. The van der Waals surface area contributed by atoms with Crippen molar-refractivity contribution in [2.75, 3.05) is 5.73 Å². The van der Waals surface area contributed by atoms with Gasteiger partial charge in [-0.05, 0) is 55.2 Å². The molecule has 2 bridgehead atoms. The van der Waals surface area contributed by atoms with Crippen LogP contribution >= 0.6 is 0 Å². The van der Waals surface area contributed by atoms with Gasteiger partial charge in [0.15, 0.2) is 0 Å². The van der Waals surface area contributed by atoms with Crippen molar-refractivity contribution in [2.45, 2.75) is 31.6 Å². The van der Waals surface area contributed by atoms with Gasteiger partial charge in [0, 0.05) is 11.6 Å². The molecule has 0 aromatic heterocycles. The molecule has 3 saturated carbocycles. The SMILES string of the molecule is N#C[C@H]1C2CCC(CC2)[C@@H]1c1ccc(N)cc1. The number of hydrogen-bond acceptors (Lipinski definition) is 2. The minimum Gasteiger partial charge on any atom is -0.399 e. The summed E-state index contributed by atoms with van der Waals surface area (Å²) in [6.07, 6.45) is 5.12. The molecule has 1 aromatic rings. The van der Waals surface area contributed by atoms with Gasteiger partial charge in [0.1, 0.15) is 0 Å². The van der Waals surface area contributed by atoms with E-state index in [-0.39, 0.29) is 5.92 Å². The van der Waals surface area contributed by atoms with Crippen LogP contribution < -0.4 is 5.73 Å². The first kappa shape index (κ1) is 10.7. The Kier molecular flexibility index (Phi) is 2.55. The van der Waals surface area contributed by atoms with Crippen molar-refractivity contribution in [3.8, 4) is 6.07 Å². The fourth-order valence-corrected chi connectivity index (χ4v) is 3.83. The Bertz CT molecular complexity index is 435. The zero-order valence-corrected chi connectivity index (χ0v) is 9.97. The summed E-state index contributed by atoms with van der Waals surface area (Å²) in [6, 6.07) is 10.7. The van der Waals surface area contributed by atoms with E-state index in [1.54, 1.807) is 0 Å². The highest BCUT2D eigenvalue weighted by molar-refractivity contribution is 5.41. The summed E-state index contributed by atoms with van der Waals surface area (Å²) >= 11 is 0. The van der Waals surface area contributed by atoms with E-state index in [0.29, 0.717) is 17.8 Å². The molecule has 2 nitrogen and oxygen atoms in total. The van der Waals surface area contributed by atoms with Gasteiger partial charge in [-0.25, -0.2) is 0 Å². The number of nitrogens with zero attached hydrogens (tertiary/aromatic N) is 1. The van der Waals surface area contributed by atoms with Crippen molar-refractivity contribution in [3.63, 3.8) is 0 Å². The summed E-state index contributed by atoms with van der Waals surface area (Å²) in [4.78, 5) is 0. The number of hydrogen-bond donors (Lipinski definition) is 1. The smallest absolute Gasteiger partial charge is 0.0665 e. The van der Waals surface area contributed by atoms with Crippen LogP contribution in [0.5, 0.6) is 0 Å². The Morgan fingerprint density at radius 3 is 2.18 bits per heavy atom. The van der Waals surface area contributed by atoms with E-state index in [1.807, 2.05) is 12.1 Å². The quantitative estimate of drug-likeness (QED) is 0.747. The highest BCUT2D eigenvalue weighted by Crippen LogP contribution is 2.53. The lowest BCUT2D eigenvalue weighted by Gasteiger charge is -2.46. The summed E-state index contributed by atoms with van der Waals surface area (Å²) in [5.74, 6) is 2.03.